The molecule has 2 aromatic rings. The second-order valence-corrected chi connectivity index (χ2v) is 8.10. The Morgan fingerprint density at radius 2 is 1.94 bits per heavy atom. The standard InChI is InChI=1S/C21H22BrNO8S/c1-13-3-5-19(29-21-10-15(27-2)9-16(12-24)28-21)20(7-13)31-32-30-18-6-4-14(11-22)8-17(18)23(25)26/h3-8,12,15-16,21H,9-11H2,1-2H3. The molecule has 0 saturated carbocycles. The molecule has 1 heterocycles. The summed E-state index contributed by atoms with van der Waals surface area (Å²) in [6.07, 6.45) is 0.162. The Kier molecular flexibility index (Phi) is 8.74. The number of aldehydes is 1. The number of aryl methyl sites for hydroxylation is 1. The second kappa shape index (κ2) is 11.5. The first-order chi connectivity index (χ1) is 15.4. The molecule has 0 N–H and O–H groups in total. The number of rotatable bonds is 10. The average molecular weight is 528 g/mol. The lowest BCUT2D eigenvalue weighted by Gasteiger charge is -2.32. The number of nitro groups is 1. The molecule has 3 rings (SSSR count). The fourth-order valence-electron chi connectivity index (χ4n) is 3.10. The van der Waals surface area contributed by atoms with Gasteiger partial charge in [0.05, 0.1) is 11.0 Å². The van der Waals surface area contributed by atoms with Crippen LogP contribution in [0.25, 0.3) is 0 Å². The number of alkyl halides is 1. The number of ether oxygens (including phenoxy) is 3. The fourth-order valence-corrected chi connectivity index (χ4v) is 3.90. The number of carbonyl (C=O) groups is 1. The Labute approximate surface area is 198 Å². The SMILES string of the molecule is COC1CC(C=O)OC(Oc2ccc(C)cc2OSOc2ccc(CBr)cc2[N+](=O)[O-])C1. The maximum atomic E-state index is 11.3. The van der Waals surface area contributed by atoms with E-state index < -0.39 is 17.3 Å². The van der Waals surface area contributed by atoms with Crippen molar-refractivity contribution in [2.75, 3.05) is 7.11 Å². The van der Waals surface area contributed by atoms with Crippen molar-refractivity contribution in [1.29, 1.82) is 0 Å². The Morgan fingerprint density at radius 3 is 2.62 bits per heavy atom. The topological polar surface area (TPSA) is 106 Å². The molecular weight excluding hydrogens is 506 g/mol. The van der Waals surface area contributed by atoms with Crippen LogP contribution < -0.4 is 13.1 Å². The van der Waals surface area contributed by atoms with Gasteiger partial charge < -0.3 is 27.4 Å². The molecule has 0 aliphatic carbocycles. The van der Waals surface area contributed by atoms with Gasteiger partial charge in [-0.1, -0.05) is 28.1 Å². The van der Waals surface area contributed by atoms with Crippen LogP contribution in [0.5, 0.6) is 17.2 Å². The van der Waals surface area contributed by atoms with Crippen molar-refractivity contribution in [1.82, 2.24) is 0 Å². The van der Waals surface area contributed by atoms with Gasteiger partial charge in [0.25, 0.3) is 12.3 Å². The van der Waals surface area contributed by atoms with E-state index in [1.807, 2.05) is 13.0 Å². The lowest BCUT2D eigenvalue weighted by molar-refractivity contribution is -0.385. The zero-order valence-electron chi connectivity index (χ0n) is 17.4. The number of nitro benzene ring substituents is 1. The van der Waals surface area contributed by atoms with Crippen LogP contribution in [0, 0.1) is 17.0 Å². The third kappa shape index (κ3) is 6.35. The number of hydrogen-bond donors (Lipinski definition) is 0. The summed E-state index contributed by atoms with van der Waals surface area (Å²) >= 11 is 3.86. The molecule has 172 valence electrons. The lowest BCUT2D eigenvalue weighted by atomic mass is 10.1. The molecule has 11 heteroatoms. The summed E-state index contributed by atoms with van der Waals surface area (Å²) in [7, 11) is 1.58. The molecule has 1 aliphatic heterocycles. The number of halogens is 1. The molecular formula is C21H22BrNO8S. The first-order valence-electron chi connectivity index (χ1n) is 9.68. The fraction of sp³-hybridized carbons (Fsp3) is 0.381. The minimum atomic E-state index is -0.697. The predicted molar refractivity (Wildman–Crippen MR) is 121 cm³/mol. The smallest absolute Gasteiger partial charge is 0.312 e. The number of hydrogen-bond acceptors (Lipinski definition) is 9. The molecule has 32 heavy (non-hydrogen) atoms. The van der Waals surface area contributed by atoms with Crippen molar-refractivity contribution in [2.24, 2.45) is 0 Å². The van der Waals surface area contributed by atoms with E-state index in [9.17, 15) is 14.9 Å². The van der Waals surface area contributed by atoms with Gasteiger partial charge in [-0.05, 0) is 36.2 Å². The van der Waals surface area contributed by atoms with Crippen LogP contribution in [0.1, 0.15) is 24.0 Å². The zero-order valence-corrected chi connectivity index (χ0v) is 19.8. The molecule has 1 saturated heterocycles. The van der Waals surface area contributed by atoms with Crippen LogP contribution in [0.15, 0.2) is 36.4 Å². The second-order valence-electron chi connectivity index (χ2n) is 7.06. The Morgan fingerprint density at radius 1 is 1.19 bits per heavy atom. The van der Waals surface area contributed by atoms with Crippen LogP contribution >= 0.6 is 28.3 Å². The molecule has 0 aromatic heterocycles. The maximum absolute atomic E-state index is 11.3. The molecule has 2 aromatic carbocycles. The highest BCUT2D eigenvalue weighted by molar-refractivity contribution is 9.08. The van der Waals surface area contributed by atoms with Crippen molar-refractivity contribution < 1.29 is 32.3 Å². The monoisotopic (exact) mass is 527 g/mol. The van der Waals surface area contributed by atoms with Gasteiger partial charge in [0.15, 0.2) is 11.5 Å². The molecule has 0 spiro atoms. The van der Waals surface area contributed by atoms with Gasteiger partial charge in [-0.25, -0.2) is 0 Å². The summed E-state index contributed by atoms with van der Waals surface area (Å²) in [6, 6.07) is 9.96. The third-order valence-corrected chi connectivity index (χ3v) is 5.88. The third-order valence-electron chi connectivity index (χ3n) is 4.74. The Balaban J connectivity index is 1.70. The van der Waals surface area contributed by atoms with Crippen molar-refractivity contribution in [3.05, 3.63) is 57.6 Å². The van der Waals surface area contributed by atoms with Crippen molar-refractivity contribution >= 4 is 40.2 Å². The van der Waals surface area contributed by atoms with Crippen LogP contribution in [-0.4, -0.2) is 36.8 Å². The largest absolute Gasteiger partial charge is 0.461 e. The first kappa shape index (κ1) is 24.3. The molecule has 1 fully saturated rings. The number of methoxy groups -OCH3 is 1. The molecule has 1 aliphatic rings. The first-order valence-corrected chi connectivity index (χ1v) is 11.5. The van der Waals surface area contributed by atoms with Gasteiger partial charge in [0.2, 0.25) is 12.0 Å². The van der Waals surface area contributed by atoms with Gasteiger partial charge in [0.1, 0.15) is 12.4 Å². The number of benzene rings is 2. The summed E-state index contributed by atoms with van der Waals surface area (Å²) in [4.78, 5) is 22.0. The van der Waals surface area contributed by atoms with Gasteiger partial charge in [-0.15, -0.1) is 0 Å². The van der Waals surface area contributed by atoms with E-state index in [2.05, 4.69) is 15.9 Å². The minimum absolute atomic E-state index is 0.0622. The van der Waals surface area contributed by atoms with E-state index in [-0.39, 0.29) is 17.5 Å². The highest BCUT2D eigenvalue weighted by Crippen LogP contribution is 2.36. The maximum Gasteiger partial charge on any atom is 0.312 e. The zero-order chi connectivity index (χ0) is 23.1. The van der Waals surface area contributed by atoms with E-state index in [4.69, 9.17) is 22.6 Å². The van der Waals surface area contributed by atoms with Crippen molar-refractivity contribution in [2.45, 2.75) is 43.6 Å². The van der Waals surface area contributed by atoms with Gasteiger partial charge in [-0.2, -0.15) is 0 Å². The minimum Gasteiger partial charge on any atom is -0.461 e. The van der Waals surface area contributed by atoms with Gasteiger partial charge in [-0.3, -0.25) is 10.1 Å². The van der Waals surface area contributed by atoms with Crippen molar-refractivity contribution in [3.8, 4) is 17.2 Å². The van der Waals surface area contributed by atoms with Crippen LogP contribution in [0.2, 0.25) is 0 Å². The summed E-state index contributed by atoms with van der Waals surface area (Å²) in [5, 5.41) is 11.8. The summed E-state index contributed by atoms with van der Waals surface area (Å²) in [6.45, 7) is 1.88. The molecule has 3 unspecified atom stereocenters. The van der Waals surface area contributed by atoms with E-state index >= 15 is 0 Å². The highest BCUT2D eigenvalue weighted by Gasteiger charge is 2.31. The quantitative estimate of drug-likeness (QED) is 0.140. The van der Waals surface area contributed by atoms with Crippen LogP contribution in [0.3, 0.4) is 0 Å². The summed E-state index contributed by atoms with van der Waals surface area (Å²) in [5.41, 5.74) is 1.49. The van der Waals surface area contributed by atoms with Crippen LogP contribution in [-0.2, 0) is 19.6 Å². The number of nitrogens with zero attached hydrogens (tertiary/aromatic N) is 1. The predicted octanol–water partition coefficient (Wildman–Crippen LogP) is 4.92. The van der Waals surface area contributed by atoms with E-state index in [0.29, 0.717) is 42.0 Å². The normalized spacial score (nSPS) is 20.4. The van der Waals surface area contributed by atoms with Gasteiger partial charge >= 0.3 is 5.69 Å². The summed E-state index contributed by atoms with van der Waals surface area (Å²) < 4.78 is 28.0. The Bertz CT molecular complexity index is 959. The molecule has 9 nitrogen and oxygen atoms in total. The Hall–Kier alpha value is -2.34. The highest BCUT2D eigenvalue weighted by atomic mass is 79.9. The molecule has 0 bridgehead atoms. The molecule has 3 atom stereocenters. The average Bonchev–Trinajstić information content (AvgIpc) is 2.80. The molecule has 0 radical (unpaired) electrons. The van der Waals surface area contributed by atoms with Crippen LogP contribution in [0.4, 0.5) is 5.69 Å². The summed E-state index contributed by atoms with van der Waals surface area (Å²) in [5.74, 6) is 0.787. The number of carbonyl (C=O) groups excluding carboxylic acids is 1. The lowest BCUT2D eigenvalue weighted by Crippen LogP contribution is -2.40. The van der Waals surface area contributed by atoms with E-state index in [1.165, 1.54) is 12.1 Å². The van der Waals surface area contributed by atoms with E-state index in [0.717, 1.165) is 17.4 Å². The van der Waals surface area contributed by atoms with E-state index in [1.54, 1.807) is 25.3 Å². The molecule has 0 amide bonds. The van der Waals surface area contributed by atoms with Gasteiger partial charge in [0, 0.05) is 31.3 Å². The van der Waals surface area contributed by atoms with Crippen molar-refractivity contribution in [3.63, 3.8) is 0 Å².